The molecule has 0 radical (unpaired) electrons. The molecule has 0 aliphatic carbocycles. The topological polar surface area (TPSA) is 39.5 Å². The Hall–Kier alpha value is -2.54. The number of benzene rings is 2. The molecule has 2 aromatic carbocycles. The molecule has 4 rings (SSSR count). The Balaban J connectivity index is 1.63. The molecule has 6 heteroatoms. The van der Waals surface area contributed by atoms with Gasteiger partial charge in [-0.3, -0.25) is 4.90 Å². The molecule has 1 aliphatic rings. The first kappa shape index (κ1) is 19.8. The Morgan fingerprint density at radius 3 is 2.79 bits per heavy atom. The van der Waals surface area contributed by atoms with Crippen molar-refractivity contribution in [2.24, 2.45) is 0 Å². The predicted molar refractivity (Wildman–Crippen MR) is 111 cm³/mol. The molecule has 1 aliphatic heterocycles. The third kappa shape index (κ3) is 4.90. The minimum atomic E-state index is -0.264. The highest BCUT2D eigenvalue weighted by Gasteiger charge is 2.19. The predicted octanol–water partition coefficient (Wildman–Crippen LogP) is 3.83. The molecule has 1 aromatic heterocycles. The zero-order valence-electron chi connectivity index (χ0n) is 16.8. The maximum absolute atomic E-state index is 13.9. The molecule has 0 saturated carbocycles. The van der Waals surface area contributed by atoms with E-state index in [4.69, 9.17) is 14.6 Å². The smallest absolute Gasteiger partial charge is 0.123 e. The first-order valence-electron chi connectivity index (χ1n) is 9.88. The highest BCUT2D eigenvalue weighted by atomic mass is 19.1. The van der Waals surface area contributed by atoms with Crippen LogP contribution in [0.3, 0.4) is 0 Å². The van der Waals surface area contributed by atoms with E-state index in [0.717, 1.165) is 29.1 Å². The van der Waals surface area contributed by atoms with Gasteiger partial charge in [0.2, 0.25) is 0 Å². The number of nitrogens with zero attached hydrogens (tertiary/aromatic N) is 3. The minimum absolute atomic E-state index is 0.0678. The fourth-order valence-corrected chi connectivity index (χ4v) is 3.65. The van der Waals surface area contributed by atoms with E-state index in [1.165, 1.54) is 17.7 Å². The molecule has 1 unspecified atom stereocenters. The average molecular weight is 395 g/mol. The summed E-state index contributed by atoms with van der Waals surface area (Å²) in [6, 6.07) is 14.8. The second kappa shape index (κ2) is 8.86. The van der Waals surface area contributed by atoms with Crippen LogP contribution in [0.25, 0.3) is 16.9 Å². The quantitative estimate of drug-likeness (QED) is 0.636. The fraction of sp³-hybridized carbons (Fsp3) is 0.348. The highest BCUT2D eigenvalue weighted by molar-refractivity contribution is 5.63. The van der Waals surface area contributed by atoms with E-state index in [9.17, 15) is 4.39 Å². The van der Waals surface area contributed by atoms with Gasteiger partial charge in [-0.15, -0.1) is 0 Å². The molecule has 29 heavy (non-hydrogen) atoms. The normalized spacial score (nSPS) is 17.0. The second-order valence-electron chi connectivity index (χ2n) is 7.56. The zero-order valence-corrected chi connectivity index (χ0v) is 16.8. The van der Waals surface area contributed by atoms with E-state index in [2.05, 4.69) is 31.0 Å². The molecule has 152 valence electrons. The Bertz CT molecular complexity index is 966. The lowest BCUT2D eigenvalue weighted by Crippen LogP contribution is -2.38. The number of aryl methyl sites for hydroxylation is 1. The first-order valence-corrected chi connectivity index (χ1v) is 9.88. The van der Waals surface area contributed by atoms with Crippen molar-refractivity contribution in [2.45, 2.75) is 19.6 Å². The van der Waals surface area contributed by atoms with Gasteiger partial charge in [0.1, 0.15) is 5.82 Å². The largest absolute Gasteiger partial charge is 0.376 e. The van der Waals surface area contributed by atoms with Crippen molar-refractivity contribution in [3.8, 4) is 16.9 Å². The van der Waals surface area contributed by atoms with E-state index in [1.807, 2.05) is 29.1 Å². The minimum Gasteiger partial charge on any atom is -0.376 e. The number of halogens is 1. The van der Waals surface area contributed by atoms with Crippen molar-refractivity contribution in [1.29, 1.82) is 0 Å². The summed E-state index contributed by atoms with van der Waals surface area (Å²) in [5.41, 5.74) is 4.76. The molecule has 1 atom stereocenters. The van der Waals surface area contributed by atoms with Crippen LogP contribution in [-0.4, -0.2) is 54.2 Å². The maximum Gasteiger partial charge on any atom is 0.123 e. The Kier molecular flexibility index (Phi) is 6.04. The van der Waals surface area contributed by atoms with Crippen LogP contribution < -0.4 is 0 Å². The van der Waals surface area contributed by atoms with Crippen molar-refractivity contribution in [2.75, 3.05) is 33.4 Å². The zero-order chi connectivity index (χ0) is 20.2. The van der Waals surface area contributed by atoms with Crippen LogP contribution in [0.2, 0.25) is 0 Å². The Morgan fingerprint density at radius 2 is 2.03 bits per heavy atom. The molecule has 2 heterocycles. The molecular formula is C23H26FN3O2. The number of hydrogen-bond donors (Lipinski definition) is 0. The van der Waals surface area contributed by atoms with Gasteiger partial charge >= 0.3 is 0 Å². The van der Waals surface area contributed by atoms with Crippen LogP contribution in [0.1, 0.15) is 11.1 Å². The van der Waals surface area contributed by atoms with Gasteiger partial charge in [-0.05, 0) is 43.8 Å². The molecule has 5 nitrogen and oxygen atoms in total. The van der Waals surface area contributed by atoms with E-state index in [0.29, 0.717) is 26.4 Å². The number of hydrogen-bond acceptors (Lipinski definition) is 4. The maximum atomic E-state index is 13.9. The average Bonchev–Trinajstić information content (AvgIpc) is 3.12. The van der Waals surface area contributed by atoms with Crippen molar-refractivity contribution in [3.05, 3.63) is 71.7 Å². The SMILES string of the molecule is Cc1cccc(-n2cc(CN(C)CC3COCCO3)c(-c3cccc(F)c3)n2)c1. The van der Waals surface area contributed by atoms with Crippen molar-refractivity contribution < 1.29 is 13.9 Å². The van der Waals surface area contributed by atoms with Crippen molar-refractivity contribution in [3.63, 3.8) is 0 Å². The van der Waals surface area contributed by atoms with Crippen LogP contribution in [0.4, 0.5) is 4.39 Å². The molecule has 0 spiro atoms. The first-order chi connectivity index (χ1) is 14.1. The van der Waals surface area contributed by atoms with E-state index in [1.54, 1.807) is 6.07 Å². The fourth-order valence-electron chi connectivity index (χ4n) is 3.65. The standard InChI is InChI=1S/C23H26FN3O2/c1-17-5-3-8-21(11-17)27-14-19(13-26(2)15-22-16-28-9-10-29-22)23(25-27)18-6-4-7-20(24)12-18/h3-8,11-12,14,22H,9-10,13,15-16H2,1-2H3. The molecule has 0 N–H and O–H groups in total. The summed E-state index contributed by atoms with van der Waals surface area (Å²) in [6.07, 6.45) is 2.10. The molecule has 1 fully saturated rings. The third-order valence-corrected chi connectivity index (χ3v) is 4.99. The van der Waals surface area contributed by atoms with Gasteiger partial charge in [-0.1, -0.05) is 24.3 Å². The summed E-state index contributed by atoms with van der Waals surface area (Å²) in [5.74, 6) is -0.264. The third-order valence-electron chi connectivity index (χ3n) is 4.99. The molecule has 1 saturated heterocycles. The Morgan fingerprint density at radius 1 is 1.17 bits per heavy atom. The van der Waals surface area contributed by atoms with E-state index < -0.39 is 0 Å². The summed E-state index contributed by atoms with van der Waals surface area (Å²) in [6.45, 7) is 5.41. The lowest BCUT2D eigenvalue weighted by molar-refractivity contribution is -0.0962. The number of aromatic nitrogens is 2. The van der Waals surface area contributed by atoms with Crippen LogP contribution in [0, 0.1) is 12.7 Å². The lowest BCUT2D eigenvalue weighted by Gasteiger charge is -2.27. The lowest BCUT2D eigenvalue weighted by atomic mass is 10.1. The number of likely N-dealkylation sites (N-methyl/N-ethyl adjacent to an activating group) is 1. The van der Waals surface area contributed by atoms with Gasteiger partial charge in [-0.2, -0.15) is 5.10 Å². The molecular weight excluding hydrogens is 369 g/mol. The second-order valence-corrected chi connectivity index (χ2v) is 7.56. The van der Waals surface area contributed by atoms with E-state index in [-0.39, 0.29) is 11.9 Å². The summed E-state index contributed by atoms with van der Waals surface area (Å²) in [7, 11) is 2.05. The van der Waals surface area contributed by atoms with Crippen LogP contribution in [0.5, 0.6) is 0 Å². The van der Waals surface area contributed by atoms with Crippen LogP contribution in [0.15, 0.2) is 54.7 Å². The van der Waals surface area contributed by atoms with Gasteiger partial charge in [0.05, 0.1) is 37.3 Å². The van der Waals surface area contributed by atoms with Gasteiger partial charge in [0, 0.05) is 30.4 Å². The highest BCUT2D eigenvalue weighted by Crippen LogP contribution is 2.26. The van der Waals surface area contributed by atoms with Crippen LogP contribution >= 0.6 is 0 Å². The molecule has 0 bridgehead atoms. The summed E-state index contributed by atoms with van der Waals surface area (Å²) >= 11 is 0. The van der Waals surface area contributed by atoms with Gasteiger partial charge in [0.15, 0.2) is 0 Å². The number of ether oxygens (including phenoxy) is 2. The summed E-state index contributed by atoms with van der Waals surface area (Å²) in [4.78, 5) is 2.19. The van der Waals surface area contributed by atoms with Gasteiger partial charge < -0.3 is 9.47 Å². The summed E-state index contributed by atoms with van der Waals surface area (Å²) in [5, 5.41) is 4.80. The van der Waals surface area contributed by atoms with Gasteiger partial charge in [0.25, 0.3) is 0 Å². The number of rotatable bonds is 6. The van der Waals surface area contributed by atoms with Crippen molar-refractivity contribution >= 4 is 0 Å². The summed E-state index contributed by atoms with van der Waals surface area (Å²) < 4.78 is 27.0. The van der Waals surface area contributed by atoms with Crippen LogP contribution in [-0.2, 0) is 16.0 Å². The monoisotopic (exact) mass is 395 g/mol. The molecule has 0 amide bonds. The molecule has 3 aromatic rings. The van der Waals surface area contributed by atoms with Gasteiger partial charge in [-0.25, -0.2) is 9.07 Å². The van der Waals surface area contributed by atoms with Crippen molar-refractivity contribution in [1.82, 2.24) is 14.7 Å². The van der Waals surface area contributed by atoms with E-state index >= 15 is 0 Å². The Labute approximate surface area is 170 Å².